The molecule has 0 radical (unpaired) electrons. The average molecular weight is 382 g/mol. The fraction of sp³-hybridized carbons (Fsp3) is 0.500. The van der Waals surface area contributed by atoms with E-state index < -0.39 is 0 Å². The summed E-state index contributed by atoms with van der Waals surface area (Å²) in [7, 11) is 0. The van der Waals surface area contributed by atoms with Crippen LogP contribution in [0.4, 0.5) is 4.79 Å². The molecule has 142 valence electrons. The highest BCUT2D eigenvalue weighted by Gasteiger charge is 2.24. The number of ether oxygens (including phenoxy) is 1. The lowest BCUT2D eigenvalue weighted by Crippen LogP contribution is -2.47. The second-order valence-electron chi connectivity index (χ2n) is 6.04. The van der Waals surface area contributed by atoms with Gasteiger partial charge in [0.1, 0.15) is 0 Å². The normalized spacial score (nSPS) is 14.6. The van der Waals surface area contributed by atoms with Crippen LogP contribution in [0.2, 0.25) is 5.02 Å². The standard InChI is InChI=1S/C18H24ClN3O4/c1-2-26-18(25)22-11-8-15(9-12-22)21-16(23)7-10-20-17(24)13-3-5-14(19)6-4-13/h3-6,15H,2,7-12H2,1H3,(H,20,24)(H,21,23). The number of carbonyl (C=O) groups excluding carboxylic acids is 3. The fourth-order valence-corrected chi connectivity index (χ4v) is 2.84. The number of hydrogen-bond donors (Lipinski definition) is 2. The molecule has 0 saturated carbocycles. The number of halogens is 1. The molecule has 8 heteroatoms. The van der Waals surface area contributed by atoms with Crippen molar-refractivity contribution in [1.29, 1.82) is 0 Å². The Hall–Kier alpha value is -2.28. The monoisotopic (exact) mass is 381 g/mol. The largest absolute Gasteiger partial charge is 0.450 e. The van der Waals surface area contributed by atoms with Crippen molar-refractivity contribution in [2.75, 3.05) is 26.2 Å². The van der Waals surface area contributed by atoms with Gasteiger partial charge in [0.15, 0.2) is 0 Å². The Morgan fingerprint density at radius 1 is 1.19 bits per heavy atom. The fourth-order valence-electron chi connectivity index (χ4n) is 2.71. The van der Waals surface area contributed by atoms with Crippen LogP contribution in [0.5, 0.6) is 0 Å². The number of hydrogen-bond acceptors (Lipinski definition) is 4. The zero-order valence-corrected chi connectivity index (χ0v) is 15.6. The molecule has 1 aliphatic rings. The number of nitrogens with one attached hydrogen (secondary N) is 2. The molecule has 0 aromatic heterocycles. The summed E-state index contributed by atoms with van der Waals surface area (Å²) in [5, 5.41) is 6.22. The minimum Gasteiger partial charge on any atom is -0.450 e. The van der Waals surface area contributed by atoms with E-state index >= 15 is 0 Å². The van der Waals surface area contributed by atoms with Crippen LogP contribution in [-0.2, 0) is 9.53 Å². The molecule has 2 rings (SSSR count). The molecule has 0 unspecified atom stereocenters. The molecular formula is C18H24ClN3O4. The number of carbonyl (C=O) groups is 3. The Labute approximate surface area is 158 Å². The summed E-state index contributed by atoms with van der Waals surface area (Å²) in [6.07, 6.45) is 1.29. The highest BCUT2D eigenvalue weighted by atomic mass is 35.5. The molecule has 7 nitrogen and oxygen atoms in total. The third-order valence-corrected chi connectivity index (χ3v) is 4.38. The van der Waals surface area contributed by atoms with Gasteiger partial charge in [0.2, 0.25) is 5.91 Å². The van der Waals surface area contributed by atoms with Crippen molar-refractivity contribution in [3.05, 3.63) is 34.9 Å². The molecule has 1 aromatic rings. The van der Waals surface area contributed by atoms with Gasteiger partial charge in [-0.3, -0.25) is 9.59 Å². The topological polar surface area (TPSA) is 87.7 Å². The van der Waals surface area contributed by atoms with Crippen molar-refractivity contribution in [3.8, 4) is 0 Å². The van der Waals surface area contributed by atoms with Gasteiger partial charge < -0.3 is 20.3 Å². The highest BCUT2D eigenvalue weighted by molar-refractivity contribution is 6.30. The van der Waals surface area contributed by atoms with E-state index in [1.165, 1.54) is 0 Å². The quantitative estimate of drug-likeness (QED) is 0.790. The van der Waals surface area contributed by atoms with E-state index in [0.717, 1.165) is 0 Å². The molecule has 26 heavy (non-hydrogen) atoms. The molecule has 0 bridgehead atoms. The van der Waals surface area contributed by atoms with Gasteiger partial charge in [0.05, 0.1) is 6.61 Å². The van der Waals surface area contributed by atoms with Crippen molar-refractivity contribution in [2.24, 2.45) is 0 Å². The van der Waals surface area contributed by atoms with Gasteiger partial charge in [-0.25, -0.2) is 4.79 Å². The summed E-state index contributed by atoms with van der Waals surface area (Å²) >= 11 is 5.78. The lowest BCUT2D eigenvalue weighted by atomic mass is 10.1. The molecule has 1 heterocycles. The number of piperidine rings is 1. The third kappa shape index (κ3) is 6.22. The molecular weight excluding hydrogens is 358 g/mol. The van der Waals surface area contributed by atoms with E-state index in [-0.39, 0.29) is 36.9 Å². The Balaban J connectivity index is 1.64. The maximum absolute atomic E-state index is 12.0. The Morgan fingerprint density at radius 2 is 1.85 bits per heavy atom. The van der Waals surface area contributed by atoms with Crippen LogP contribution < -0.4 is 10.6 Å². The van der Waals surface area contributed by atoms with Crippen LogP contribution in [0.25, 0.3) is 0 Å². The van der Waals surface area contributed by atoms with Crippen molar-refractivity contribution in [2.45, 2.75) is 32.2 Å². The van der Waals surface area contributed by atoms with Crippen molar-refractivity contribution in [3.63, 3.8) is 0 Å². The van der Waals surface area contributed by atoms with Crippen LogP contribution in [0.15, 0.2) is 24.3 Å². The summed E-state index contributed by atoms with van der Waals surface area (Å²) in [5.41, 5.74) is 0.501. The number of rotatable bonds is 6. The molecule has 1 aliphatic heterocycles. The number of benzene rings is 1. The van der Waals surface area contributed by atoms with Crippen molar-refractivity contribution < 1.29 is 19.1 Å². The van der Waals surface area contributed by atoms with E-state index in [0.29, 0.717) is 43.1 Å². The summed E-state index contributed by atoms with van der Waals surface area (Å²) in [6, 6.07) is 6.60. The van der Waals surface area contributed by atoms with Crippen molar-refractivity contribution >= 4 is 29.5 Å². The molecule has 0 spiro atoms. The predicted octanol–water partition coefficient (Wildman–Crippen LogP) is 2.20. The molecule has 3 amide bonds. The second kappa shape index (κ2) is 10.0. The first-order valence-corrected chi connectivity index (χ1v) is 9.12. The third-order valence-electron chi connectivity index (χ3n) is 4.13. The van der Waals surface area contributed by atoms with E-state index in [1.807, 2.05) is 0 Å². The molecule has 1 fully saturated rings. The number of amides is 3. The molecule has 1 saturated heterocycles. The van der Waals surface area contributed by atoms with Gasteiger partial charge in [-0.2, -0.15) is 0 Å². The summed E-state index contributed by atoms with van der Waals surface area (Å²) in [6.45, 7) is 3.52. The summed E-state index contributed by atoms with van der Waals surface area (Å²) < 4.78 is 4.97. The molecule has 2 N–H and O–H groups in total. The van der Waals surface area contributed by atoms with Gasteiger partial charge in [0, 0.05) is 42.7 Å². The van der Waals surface area contributed by atoms with Crippen LogP contribution in [0.3, 0.4) is 0 Å². The van der Waals surface area contributed by atoms with Gasteiger partial charge in [-0.15, -0.1) is 0 Å². The minimum absolute atomic E-state index is 0.0418. The molecule has 1 aromatic carbocycles. The molecule has 0 aliphatic carbocycles. The first-order chi connectivity index (χ1) is 12.5. The van der Waals surface area contributed by atoms with Gasteiger partial charge in [0.25, 0.3) is 5.91 Å². The van der Waals surface area contributed by atoms with E-state index in [9.17, 15) is 14.4 Å². The van der Waals surface area contributed by atoms with Gasteiger partial charge in [-0.05, 0) is 44.0 Å². The first kappa shape index (κ1) is 20.0. The van der Waals surface area contributed by atoms with E-state index in [2.05, 4.69) is 10.6 Å². The van der Waals surface area contributed by atoms with Crippen LogP contribution in [0, 0.1) is 0 Å². The van der Waals surface area contributed by atoms with Crippen molar-refractivity contribution in [1.82, 2.24) is 15.5 Å². The van der Waals surface area contributed by atoms with E-state index in [1.54, 1.807) is 36.1 Å². The zero-order chi connectivity index (χ0) is 18.9. The Bertz CT molecular complexity index is 628. The first-order valence-electron chi connectivity index (χ1n) is 8.74. The van der Waals surface area contributed by atoms with Crippen LogP contribution in [-0.4, -0.2) is 55.1 Å². The molecule has 0 atom stereocenters. The number of likely N-dealkylation sites (tertiary alicyclic amines) is 1. The number of nitrogens with zero attached hydrogens (tertiary/aromatic N) is 1. The zero-order valence-electron chi connectivity index (χ0n) is 14.8. The van der Waals surface area contributed by atoms with E-state index in [4.69, 9.17) is 16.3 Å². The maximum Gasteiger partial charge on any atom is 0.409 e. The SMILES string of the molecule is CCOC(=O)N1CCC(NC(=O)CCNC(=O)c2ccc(Cl)cc2)CC1. The lowest BCUT2D eigenvalue weighted by molar-refractivity contribution is -0.121. The smallest absolute Gasteiger partial charge is 0.409 e. The van der Waals surface area contributed by atoms with Gasteiger partial charge >= 0.3 is 6.09 Å². The van der Waals surface area contributed by atoms with Gasteiger partial charge in [-0.1, -0.05) is 11.6 Å². The Kier molecular flexibility index (Phi) is 7.72. The summed E-state index contributed by atoms with van der Waals surface area (Å²) in [4.78, 5) is 37.2. The summed E-state index contributed by atoms with van der Waals surface area (Å²) in [5.74, 6) is -0.354. The van der Waals surface area contributed by atoms with Crippen LogP contribution >= 0.6 is 11.6 Å². The highest BCUT2D eigenvalue weighted by Crippen LogP contribution is 2.12. The minimum atomic E-state index is -0.304. The van der Waals surface area contributed by atoms with Crippen LogP contribution in [0.1, 0.15) is 36.5 Å². The maximum atomic E-state index is 12.0. The lowest BCUT2D eigenvalue weighted by Gasteiger charge is -2.31. The predicted molar refractivity (Wildman–Crippen MR) is 98.2 cm³/mol. The Morgan fingerprint density at radius 3 is 2.46 bits per heavy atom. The average Bonchev–Trinajstić information content (AvgIpc) is 2.63. The second-order valence-corrected chi connectivity index (χ2v) is 6.48.